The van der Waals surface area contributed by atoms with E-state index < -0.39 is 0 Å². The Morgan fingerprint density at radius 3 is 2.89 bits per heavy atom. The van der Waals surface area contributed by atoms with Crippen LogP contribution >= 0.6 is 0 Å². The van der Waals surface area contributed by atoms with Gasteiger partial charge in [-0.2, -0.15) is 5.10 Å². The highest BCUT2D eigenvalue weighted by atomic mass is 16.5. The van der Waals surface area contributed by atoms with Crippen LogP contribution in [0.3, 0.4) is 0 Å². The van der Waals surface area contributed by atoms with Crippen molar-refractivity contribution in [1.29, 1.82) is 0 Å². The van der Waals surface area contributed by atoms with Gasteiger partial charge >= 0.3 is 0 Å². The van der Waals surface area contributed by atoms with E-state index in [-0.39, 0.29) is 11.6 Å². The maximum Gasteiger partial charge on any atom is 0.269 e. The molecule has 0 radical (unpaired) electrons. The fraction of sp³-hybridized carbons (Fsp3) is 0.550. The summed E-state index contributed by atoms with van der Waals surface area (Å²) in [7, 11) is 0. The summed E-state index contributed by atoms with van der Waals surface area (Å²) in [6.07, 6.45) is 5.73. The van der Waals surface area contributed by atoms with Crippen molar-refractivity contribution in [1.82, 2.24) is 19.7 Å². The molecule has 7 heteroatoms. The summed E-state index contributed by atoms with van der Waals surface area (Å²) in [4.78, 5) is 21.7. The van der Waals surface area contributed by atoms with Crippen LogP contribution in [0.1, 0.15) is 30.1 Å². The van der Waals surface area contributed by atoms with E-state index in [2.05, 4.69) is 25.9 Å². The van der Waals surface area contributed by atoms with Crippen molar-refractivity contribution < 1.29 is 4.74 Å². The third-order valence-electron chi connectivity index (χ3n) is 5.52. The molecular formula is C20H27N5O2. The van der Waals surface area contributed by atoms with E-state index in [4.69, 9.17) is 4.74 Å². The van der Waals surface area contributed by atoms with Crippen molar-refractivity contribution in [2.75, 3.05) is 44.3 Å². The van der Waals surface area contributed by atoms with Crippen molar-refractivity contribution in [3.05, 3.63) is 52.2 Å². The molecule has 0 aliphatic carbocycles. The molecule has 144 valence electrons. The van der Waals surface area contributed by atoms with Crippen LogP contribution in [0.25, 0.3) is 0 Å². The van der Waals surface area contributed by atoms with Crippen LogP contribution in [0.5, 0.6) is 0 Å². The van der Waals surface area contributed by atoms with Gasteiger partial charge in [-0.3, -0.25) is 14.7 Å². The third kappa shape index (κ3) is 4.20. The van der Waals surface area contributed by atoms with Crippen LogP contribution in [-0.2, 0) is 11.3 Å². The first-order valence-corrected chi connectivity index (χ1v) is 9.75. The summed E-state index contributed by atoms with van der Waals surface area (Å²) in [6.45, 7) is 7.84. The second-order valence-corrected chi connectivity index (χ2v) is 7.38. The minimum absolute atomic E-state index is 0.0107. The van der Waals surface area contributed by atoms with Crippen molar-refractivity contribution in [2.24, 2.45) is 0 Å². The van der Waals surface area contributed by atoms with Gasteiger partial charge < -0.3 is 9.64 Å². The summed E-state index contributed by atoms with van der Waals surface area (Å²) < 4.78 is 7.06. The molecule has 2 aromatic rings. The molecule has 2 aliphatic heterocycles. The molecule has 0 saturated carbocycles. The number of morpholine rings is 1. The fourth-order valence-electron chi connectivity index (χ4n) is 3.98. The van der Waals surface area contributed by atoms with E-state index >= 15 is 0 Å². The number of nitrogens with zero attached hydrogens (tertiary/aromatic N) is 5. The minimum atomic E-state index is -0.0107. The minimum Gasteiger partial charge on any atom is -0.378 e. The largest absolute Gasteiger partial charge is 0.378 e. The van der Waals surface area contributed by atoms with Crippen LogP contribution in [0.4, 0.5) is 5.69 Å². The maximum atomic E-state index is 12.7. The number of pyridine rings is 1. The third-order valence-corrected chi connectivity index (χ3v) is 5.52. The Labute approximate surface area is 159 Å². The summed E-state index contributed by atoms with van der Waals surface area (Å²) in [6, 6.07) is 5.97. The highest BCUT2D eigenvalue weighted by molar-refractivity contribution is 5.43. The summed E-state index contributed by atoms with van der Waals surface area (Å²) in [5.41, 5.74) is 3.22. The first-order valence-electron chi connectivity index (χ1n) is 9.75. The second-order valence-electron chi connectivity index (χ2n) is 7.38. The van der Waals surface area contributed by atoms with E-state index in [1.54, 1.807) is 10.7 Å². The molecule has 4 rings (SSSR count). The topological polar surface area (TPSA) is 63.5 Å². The number of likely N-dealkylation sites (tertiary alicyclic amines) is 1. The first kappa shape index (κ1) is 18.1. The predicted octanol–water partition coefficient (Wildman–Crippen LogP) is 1.62. The smallest absolute Gasteiger partial charge is 0.269 e. The molecule has 0 aromatic carbocycles. The van der Waals surface area contributed by atoms with E-state index in [1.165, 1.54) is 5.56 Å². The van der Waals surface area contributed by atoms with Gasteiger partial charge in [0.1, 0.15) is 0 Å². The molecule has 1 atom stereocenters. The van der Waals surface area contributed by atoms with Gasteiger partial charge in [0.25, 0.3) is 5.56 Å². The Bertz CT molecular complexity index is 831. The normalized spacial score (nSPS) is 21.4. The number of ether oxygens (including phenoxy) is 1. The Morgan fingerprint density at radius 2 is 2.11 bits per heavy atom. The van der Waals surface area contributed by atoms with Gasteiger partial charge in [-0.1, -0.05) is 6.07 Å². The first-order chi connectivity index (χ1) is 13.2. The van der Waals surface area contributed by atoms with Gasteiger partial charge in [0, 0.05) is 44.1 Å². The van der Waals surface area contributed by atoms with E-state index in [0.717, 1.165) is 56.9 Å². The van der Waals surface area contributed by atoms with Gasteiger partial charge in [0.15, 0.2) is 0 Å². The molecule has 0 N–H and O–H groups in total. The standard InChI is InChI=1S/C20H27N5O2/c1-16-17(4-2-6-21-16)14-23-7-3-5-18(15-23)25-20(26)12-19(13-22-25)24-8-10-27-11-9-24/h2,4,6,12-13,18H,3,5,7-11,14-15H2,1H3/t18-/m1/s1. The lowest BCUT2D eigenvalue weighted by atomic mass is 10.0. The molecule has 4 heterocycles. The lowest BCUT2D eigenvalue weighted by molar-refractivity contribution is 0.122. The number of aryl methyl sites for hydroxylation is 1. The van der Waals surface area contributed by atoms with Crippen molar-refractivity contribution in [2.45, 2.75) is 32.4 Å². The van der Waals surface area contributed by atoms with Crippen LogP contribution in [0.2, 0.25) is 0 Å². The molecular weight excluding hydrogens is 342 g/mol. The Morgan fingerprint density at radius 1 is 1.26 bits per heavy atom. The monoisotopic (exact) mass is 369 g/mol. The Kier molecular flexibility index (Phi) is 5.50. The number of hydrogen-bond donors (Lipinski definition) is 0. The molecule has 0 amide bonds. The van der Waals surface area contributed by atoms with Gasteiger partial charge in [0.2, 0.25) is 0 Å². The molecule has 7 nitrogen and oxygen atoms in total. The SMILES string of the molecule is Cc1ncccc1CN1CCC[C@@H](n2ncc(N3CCOCC3)cc2=O)C1. The predicted molar refractivity (Wildman–Crippen MR) is 104 cm³/mol. The van der Waals surface area contributed by atoms with Crippen molar-refractivity contribution >= 4 is 5.69 Å². The fourth-order valence-corrected chi connectivity index (χ4v) is 3.98. The Balaban J connectivity index is 1.46. The highest BCUT2D eigenvalue weighted by Crippen LogP contribution is 2.22. The molecule has 2 aliphatic rings. The number of aromatic nitrogens is 3. The zero-order chi connectivity index (χ0) is 18.6. The van der Waals surface area contributed by atoms with E-state index in [1.807, 2.05) is 25.4 Å². The average molecular weight is 369 g/mol. The zero-order valence-electron chi connectivity index (χ0n) is 15.9. The lowest BCUT2D eigenvalue weighted by Crippen LogP contribution is -2.41. The molecule has 0 spiro atoms. The summed E-state index contributed by atoms with van der Waals surface area (Å²) in [5.74, 6) is 0. The molecule has 27 heavy (non-hydrogen) atoms. The number of piperidine rings is 1. The molecule has 2 fully saturated rings. The number of anilines is 1. The quantitative estimate of drug-likeness (QED) is 0.816. The van der Waals surface area contributed by atoms with Gasteiger partial charge in [-0.05, 0) is 37.9 Å². The van der Waals surface area contributed by atoms with E-state index in [9.17, 15) is 4.79 Å². The van der Waals surface area contributed by atoms with Crippen LogP contribution in [-0.4, -0.2) is 59.1 Å². The molecule has 0 unspecified atom stereocenters. The molecule has 2 aromatic heterocycles. The number of hydrogen-bond acceptors (Lipinski definition) is 6. The lowest BCUT2D eigenvalue weighted by Gasteiger charge is -2.33. The van der Waals surface area contributed by atoms with Crippen LogP contribution in [0, 0.1) is 6.92 Å². The van der Waals surface area contributed by atoms with Gasteiger partial charge in [-0.25, -0.2) is 4.68 Å². The van der Waals surface area contributed by atoms with Gasteiger partial charge in [0.05, 0.1) is 31.1 Å². The van der Waals surface area contributed by atoms with Crippen LogP contribution < -0.4 is 10.5 Å². The highest BCUT2D eigenvalue weighted by Gasteiger charge is 2.24. The van der Waals surface area contributed by atoms with Gasteiger partial charge in [-0.15, -0.1) is 0 Å². The molecule has 2 saturated heterocycles. The second kappa shape index (κ2) is 8.19. The number of rotatable bonds is 4. The zero-order valence-corrected chi connectivity index (χ0v) is 15.9. The van der Waals surface area contributed by atoms with E-state index in [0.29, 0.717) is 13.2 Å². The van der Waals surface area contributed by atoms with Crippen molar-refractivity contribution in [3.8, 4) is 0 Å². The summed E-state index contributed by atoms with van der Waals surface area (Å²) in [5, 5.41) is 4.52. The average Bonchev–Trinajstić information content (AvgIpc) is 2.70. The Hall–Kier alpha value is -2.25. The van der Waals surface area contributed by atoms with Crippen LogP contribution in [0.15, 0.2) is 35.4 Å². The molecule has 0 bridgehead atoms. The summed E-state index contributed by atoms with van der Waals surface area (Å²) >= 11 is 0. The van der Waals surface area contributed by atoms with Crippen molar-refractivity contribution in [3.63, 3.8) is 0 Å². The maximum absolute atomic E-state index is 12.7.